The highest BCUT2D eigenvalue weighted by Gasteiger charge is 2.31. The van der Waals surface area contributed by atoms with Crippen LogP contribution in [0.4, 0.5) is 0 Å². The average Bonchev–Trinajstić information content (AvgIpc) is 3.94. The Kier molecular flexibility index (Phi) is 6.36. The summed E-state index contributed by atoms with van der Waals surface area (Å²) < 4.78 is 19.3. The smallest absolute Gasteiger partial charge is 0.165 e. The van der Waals surface area contributed by atoms with Crippen LogP contribution < -0.4 is 0 Å². The number of hydrogen-bond acceptors (Lipinski definition) is 6. The predicted octanol–water partition coefficient (Wildman–Crippen LogP) is 13.1. The van der Waals surface area contributed by atoms with Gasteiger partial charge in [0.05, 0.1) is 0 Å². The van der Waals surface area contributed by atoms with Gasteiger partial charge in [-0.2, -0.15) is 0 Å². The topological polar surface area (TPSA) is 78.1 Å². The number of aromatic nitrogens is 3. The molecule has 1 atom stereocenters. The Bertz CT molecular complexity index is 3380. The van der Waals surface area contributed by atoms with Crippen LogP contribution in [0.3, 0.4) is 0 Å². The zero-order valence-corrected chi connectivity index (χ0v) is 29.4. The van der Waals surface area contributed by atoms with E-state index in [-0.39, 0.29) is 5.92 Å². The first-order valence-electron chi connectivity index (χ1n) is 18.5. The van der Waals surface area contributed by atoms with Gasteiger partial charge in [0.15, 0.2) is 17.5 Å². The van der Waals surface area contributed by atoms with Crippen LogP contribution in [-0.4, -0.2) is 15.0 Å². The second-order valence-corrected chi connectivity index (χ2v) is 14.2. The molecule has 0 saturated carbocycles. The number of furan rings is 3. The maximum absolute atomic E-state index is 6.54. The highest BCUT2D eigenvalue weighted by molar-refractivity contribution is 6.14. The van der Waals surface area contributed by atoms with Gasteiger partial charge >= 0.3 is 0 Å². The van der Waals surface area contributed by atoms with Crippen LogP contribution in [-0.2, 0) is 0 Å². The van der Waals surface area contributed by atoms with Gasteiger partial charge < -0.3 is 13.3 Å². The summed E-state index contributed by atoms with van der Waals surface area (Å²) in [6, 6.07) is 49.8. The minimum absolute atomic E-state index is 0.0257. The molecular weight excluding hydrogens is 679 g/mol. The zero-order chi connectivity index (χ0) is 36.0. The Morgan fingerprint density at radius 3 is 1.93 bits per heavy atom. The molecule has 6 heteroatoms. The standard InChI is InChI=1S/C49H29N3O3/c1-2-12-29-27-30(24-23-28(29)11-1)47-50-48(36-17-10-22-41-44(36)34-14-4-7-19-38(34)54-41)52-49(51-47)46-32(25-26-42-45(46)35-15-5-8-20-39(35)55-42)31-16-9-21-40-43(31)33-13-3-6-18-37(33)53-40/h1-15,17-27,31H,16H2. The van der Waals surface area contributed by atoms with E-state index in [1.54, 1.807) is 0 Å². The van der Waals surface area contributed by atoms with Gasteiger partial charge in [-0.3, -0.25) is 0 Å². The number of hydrogen-bond donors (Lipinski definition) is 0. The van der Waals surface area contributed by atoms with Gasteiger partial charge in [-0.25, -0.2) is 15.0 Å². The van der Waals surface area contributed by atoms with Gasteiger partial charge in [0.2, 0.25) is 0 Å². The van der Waals surface area contributed by atoms with Crippen LogP contribution in [0, 0.1) is 0 Å². The molecule has 1 aliphatic rings. The van der Waals surface area contributed by atoms with Crippen molar-refractivity contribution in [2.24, 2.45) is 0 Å². The van der Waals surface area contributed by atoms with Crippen molar-refractivity contribution in [2.45, 2.75) is 12.3 Å². The molecule has 12 rings (SSSR count). The Morgan fingerprint density at radius 1 is 0.473 bits per heavy atom. The summed E-state index contributed by atoms with van der Waals surface area (Å²) in [6.07, 6.45) is 5.10. The fourth-order valence-electron chi connectivity index (χ4n) is 8.67. The van der Waals surface area contributed by atoms with Gasteiger partial charge in [-0.15, -0.1) is 0 Å². The van der Waals surface area contributed by atoms with Crippen LogP contribution in [0.5, 0.6) is 0 Å². The largest absolute Gasteiger partial charge is 0.456 e. The maximum Gasteiger partial charge on any atom is 0.165 e. The van der Waals surface area contributed by atoms with Gasteiger partial charge in [0, 0.05) is 55.1 Å². The number of allylic oxidation sites excluding steroid dienone is 1. The van der Waals surface area contributed by atoms with Crippen molar-refractivity contribution in [3.63, 3.8) is 0 Å². The lowest BCUT2D eigenvalue weighted by atomic mass is 9.80. The summed E-state index contributed by atoms with van der Waals surface area (Å²) in [5.74, 6) is 2.59. The predicted molar refractivity (Wildman–Crippen MR) is 220 cm³/mol. The van der Waals surface area contributed by atoms with E-state index in [0.29, 0.717) is 17.5 Å². The lowest BCUT2D eigenvalue weighted by Gasteiger charge is -2.22. The quantitative estimate of drug-likeness (QED) is 0.181. The second kappa shape index (κ2) is 11.6. The van der Waals surface area contributed by atoms with Crippen molar-refractivity contribution in [3.05, 3.63) is 169 Å². The molecule has 0 N–H and O–H groups in total. The van der Waals surface area contributed by atoms with Crippen LogP contribution in [0.25, 0.3) is 106 Å². The van der Waals surface area contributed by atoms with E-state index in [1.807, 2.05) is 54.6 Å². The normalized spacial score (nSPS) is 14.2. The number of para-hydroxylation sites is 3. The van der Waals surface area contributed by atoms with Gasteiger partial charge in [-0.05, 0) is 65.2 Å². The molecule has 11 aromatic rings. The highest BCUT2D eigenvalue weighted by Crippen LogP contribution is 2.48. The molecule has 55 heavy (non-hydrogen) atoms. The van der Waals surface area contributed by atoms with E-state index in [9.17, 15) is 0 Å². The molecule has 1 aliphatic carbocycles. The van der Waals surface area contributed by atoms with Crippen molar-refractivity contribution >= 4 is 71.7 Å². The molecule has 0 spiro atoms. The number of fused-ring (bicyclic) bond motifs is 10. The molecule has 0 fully saturated rings. The number of nitrogens with zero attached hydrogens (tertiary/aromatic N) is 3. The lowest BCUT2D eigenvalue weighted by Crippen LogP contribution is -2.08. The Labute approximate surface area is 314 Å². The van der Waals surface area contributed by atoms with E-state index in [4.69, 9.17) is 28.2 Å². The van der Waals surface area contributed by atoms with E-state index >= 15 is 0 Å². The van der Waals surface area contributed by atoms with Crippen LogP contribution >= 0.6 is 0 Å². The molecule has 0 saturated heterocycles. The molecule has 0 amide bonds. The minimum atomic E-state index is -0.0257. The van der Waals surface area contributed by atoms with E-state index in [0.717, 1.165) is 100 Å². The molecular formula is C49H29N3O3. The van der Waals surface area contributed by atoms with Crippen molar-refractivity contribution in [2.75, 3.05) is 0 Å². The minimum Gasteiger partial charge on any atom is -0.456 e. The second-order valence-electron chi connectivity index (χ2n) is 14.2. The van der Waals surface area contributed by atoms with Gasteiger partial charge in [-0.1, -0.05) is 115 Å². The summed E-state index contributed by atoms with van der Waals surface area (Å²) in [7, 11) is 0. The van der Waals surface area contributed by atoms with E-state index in [1.165, 1.54) is 5.56 Å². The molecule has 0 radical (unpaired) electrons. The molecule has 258 valence electrons. The Balaban J connectivity index is 1.20. The monoisotopic (exact) mass is 707 g/mol. The third-order valence-electron chi connectivity index (χ3n) is 11.1. The molecule has 4 aromatic heterocycles. The summed E-state index contributed by atoms with van der Waals surface area (Å²) in [6.45, 7) is 0. The first kappa shape index (κ1) is 30.2. The summed E-state index contributed by atoms with van der Waals surface area (Å²) in [4.78, 5) is 16.1. The number of benzene rings is 7. The lowest BCUT2D eigenvalue weighted by molar-refractivity contribution is 0.590. The molecule has 0 bridgehead atoms. The zero-order valence-electron chi connectivity index (χ0n) is 29.4. The first-order valence-corrected chi connectivity index (χ1v) is 18.5. The van der Waals surface area contributed by atoms with Gasteiger partial charge in [0.25, 0.3) is 0 Å². The third kappa shape index (κ3) is 4.58. The van der Waals surface area contributed by atoms with Crippen molar-refractivity contribution < 1.29 is 13.3 Å². The van der Waals surface area contributed by atoms with Crippen LogP contribution in [0.1, 0.15) is 29.2 Å². The third-order valence-corrected chi connectivity index (χ3v) is 11.1. The highest BCUT2D eigenvalue weighted by atomic mass is 16.3. The molecule has 4 heterocycles. The molecule has 7 aromatic carbocycles. The fraction of sp³-hybridized carbons (Fsp3) is 0.0408. The fourth-order valence-corrected chi connectivity index (χ4v) is 8.67. The van der Waals surface area contributed by atoms with Crippen molar-refractivity contribution in [3.8, 4) is 34.2 Å². The van der Waals surface area contributed by atoms with Gasteiger partial charge in [0.1, 0.15) is 33.7 Å². The van der Waals surface area contributed by atoms with Crippen molar-refractivity contribution in [1.29, 1.82) is 0 Å². The summed E-state index contributed by atoms with van der Waals surface area (Å²) >= 11 is 0. The van der Waals surface area contributed by atoms with E-state index in [2.05, 4.69) is 103 Å². The van der Waals surface area contributed by atoms with E-state index < -0.39 is 0 Å². The molecule has 1 unspecified atom stereocenters. The average molecular weight is 708 g/mol. The molecule has 0 aliphatic heterocycles. The maximum atomic E-state index is 6.54. The molecule has 6 nitrogen and oxygen atoms in total. The van der Waals surface area contributed by atoms with Crippen LogP contribution in [0.2, 0.25) is 0 Å². The SMILES string of the molecule is C1=Cc2oc3ccccc3c2C(c2ccc3oc4ccccc4c3c2-c2nc(-c3ccc4ccccc4c3)nc(-c3cccc4oc5ccccc5c34)n2)C1. The summed E-state index contributed by atoms with van der Waals surface area (Å²) in [5.41, 5.74) is 9.05. The van der Waals surface area contributed by atoms with Crippen molar-refractivity contribution in [1.82, 2.24) is 15.0 Å². The first-order chi connectivity index (χ1) is 27.2. The van der Waals surface area contributed by atoms with Crippen LogP contribution in [0.15, 0.2) is 165 Å². The number of rotatable bonds is 4. The Morgan fingerprint density at radius 2 is 1.11 bits per heavy atom. The Hall–Kier alpha value is -7.31. The summed E-state index contributed by atoms with van der Waals surface area (Å²) in [5, 5.41) is 7.35.